The molecule has 1 fully saturated rings. The zero-order chi connectivity index (χ0) is 14.8. The Hall–Kier alpha value is -1.63. The summed E-state index contributed by atoms with van der Waals surface area (Å²) in [7, 11) is 0. The molecular formula is C13H24N6O. The number of carbonyl (C=O) groups is 1. The van der Waals surface area contributed by atoms with Gasteiger partial charge in [-0.15, -0.1) is 0 Å². The summed E-state index contributed by atoms with van der Waals surface area (Å²) in [6.45, 7) is 11.4. The normalized spacial score (nSPS) is 18.9. The first kappa shape index (κ1) is 14.8. The molecule has 1 aliphatic rings. The van der Waals surface area contributed by atoms with Gasteiger partial charge in [0.05, 0.1) is 6.04 Å². The highest BCUT2D eigenvalue weighted by Gasteiger charge is 2.28. The fraction of sp³-hybridized carbons (Fsp3) is 0.769. The molecule has 1 atom stereocenters. The van der Waals surface area contributed by atoms with Crippen molar-refractivity contribution in [3.63, 3.8) is 0 Å². The summed E-state index contributed by atoms with van der Waals surface area (Å²) in [6, 6.07) is -0.105. The van der Waals surface area contributed by atoms with E-state index in [1.807, 2.05) is 27.7 Å². The first-order valence-electron chi connectivity index (χ1n) is 7.03. The number of H-pyrrole nitrogens is 1. The highest BCUT2D eigenvalue weighted by molar-refractivity contribution is 5.82. The Morgan fingerprint density at radius 1 is 1.35 bits per heavy atom. The molecule has 7 nitrogen and oxygen atoms in total. The molecule has 2 heterocycles. The Morgan fingerprint density at radius 3 is 2.50 bits per heavy atom. The van der Waals surface area contributed by atoms with Crippen LogP contribution in [0, 0.1) is 0 Å². The van der Waals surface area contributed by atoms with Gasteiger partial charge in [-0.25, -0.2) is 5.10 Å². The molecule has 1 aliphatic heterocycles. The number of aromatic nitrogens is 3. The first-order valence-corrected chi connectivity index (χ1v) is 7.03. The van der Waals surface area contributed by atoms with E-state index in [0.29, 0.717) is 0 Å². The SMILES string of the molecule is CC(C(=O)NC(C)(C)C)N1CCN(c2ncn[nH]2)CC1. The Bertz CT molecular complexity index is 430. The second-order valence-corrected chi connectivity index (χ2v) is 6.25. The van der Waals surface area contributed by atoms with Gasteiger partial charge in [-0.1, -0.05) is 0 Å². The number of aromatic amines is 1. The number of hydrogen-bond donors (Lipinski definition) is 2. The minimum Gasteiger partial charge on any atom is -0.350 e. The van der Waals surface area contributed by atoms with Gasteiger partial charge in [0, 0.05) is 31.7 Å². The van der Waals surface area contributed by atoms with Crippen LogP contribution in [0.1, 0.15) is 27.7 Å². The van der Waals surface area contributed by atoms with E-state index in [9.17, 15) is 4.79 Å². The van der Waals surface area contributed by atoms with Gasteiger partial charge < -0.3 is 10.2 Å². The Morgan fingerprint density at radius 2 is 2.00 bits per heavy atom. The van der Waals surface area contributed by atoms with Crippen LogP contribution < -0.4 is 10.2 Å². The molecule has 0 spiro atoms. The first-order chi connectivity index (χ1) is 9.37. The van der Waals surface area contributed by atoms with E-state index in [-0.39, 0.29) is 17.5 Å². The number of nitrogens with zero attached hydrogens (tertiary/aromatic N) is 4. The second-order valence-electron chi connectivity index (χ2n) is 6.25. The lowest BCUT2D eigenvalue weighted by atomic mass is 10.1. The average Bonchev–Trinajstić information content (AvgIpc) is 2.90. The van der Waals surface area contributed by atoms with E-state index >= 15 is 0 Å². The predicted molar refractivity (Wildman–Crippen MR) is 77.5 cm³/mol. The van der Waals surface area contributed by atoms with Crippen LogP contribution in [0.4, 0.5) is 5.95 Å². The van der Waals surface area contributed by atoms with Crippen molar-refractivity contribution in [2.45, 2.75) is 39.3 Å². The van der Waals surface area contributed by atoms with E-state index in [1.54, 1.807) is 0 Å². The molecule has 1 unspecified atom stereocenters. The average molecular weight is 280 g/mol. The van der Waals surface area contributed by atoms with Gasteiger partial charge in [-0.05, 0) is 27.7 Å². The van der Waals surface area contributed by atoms with Crippen LogP contribution in [0.3, 0.4) is 0 Å². The zero-order valence-electron chi connectivity index (χ0n) is 12.7. The number of hydrogen-bond acceptors (Lipinski definition) is 5. The van der Waals surface area contributed by atoms with Gasteiger partial charge in [0.15, 0.2) is 0 Å². The molecule has 0 bridgehead atoms. The molecule has 2 N–H and O–H groups in total. The summed E-state index contributed by atoms with van der Waals surface area (Å²) in [4.78, 5) is 20.7. The van der Waals surface area contributed by atoms with E-state index in [1.165, 1.54) is 6.33 Å². The van der Waals surface area contributed by atoms with Gasteiger partial charge in [0.1, 0.15) is 6.33 Å². The molecule has 0 aliphatic carbocycles. The van der Waals surface area contributed by atoms with Crippen LogP contribution in [-0.2, 0) is 4.79 Å². The van der Waals surface area contributed by atoms with Crippen molar-refractivity contribution >= 4 is 11.9 Å². The third-order valence-corrected chi connectivity index (χ3v) is 3.44. The van der Waals surface area contributed by atoms with Crippen molar-refractivity contribution < 1.29 is 4.79 Å². The highest BCUT2D eigenvalue weighted by Crippen LogP contribution is 2.12. The number of rotatable bonds is 3. The minimum atomic E-state index is -0.187. The summed E-state index contributed by atoms with van der Waals surface area (Å²) < 4.78 is 0. The van der Waals surface area contributed by atoms with E-state index < -0.39 is 0 Å². The van der Waals surface area contributed by atoms with Crippen LogP contribution >= 0.6 is 0 Å². The summed E-state index contributed by atoms with van der Waals surface area (Å²) in [5, 5.41) is 9.77. The molecular weight excluding hydrogens is 256 g/mol. The monoisotopic (exact) mass is 280 g/mol. The Balaban J connectivity index is 1.85. The lowest BCUT2D eigenvalue weighted by molar-refractivity contribution is -0.127. The van der Waals surface area contributed by atoms with Crippen LogP contribution in [-0.4, -0.2) is 63.7 Å². The molecule has 1 aromatic rings. The second kappa shape index (κ2) is 5.78. The van der Waals surface area contributed by atoms with Gasteiger partial charge in [-0.3, -0.25) is 9.69 Å². The van der Waals surface area contributed by atoms with Gasteiger partial charge in [-0.2, -0.15) is 10.1 Å². The van der Waals surface area contributed by atoms with E-state index in [0.717, 1.165) is 32.1 Å². The quantitative estimate of drug-likeness (QED) is 0.829. The minimum absolute atomic E-state index is 0.0885. The number of amides is 1. The third kappa shape index (κ3) is 3.69. The molecule has 1 aromatic heterocycles. The maximum absolute atomic E-state index is 12.2. The molecule has 1 saturated heterocycles. The smallest absolute Gasteiger partial charge is 0.237 e. The van der Waals surface area contributed by atoms with E-state index in [2.05, 4.69) is 30.3 Å². The van der Waals surface area contributed by atoms with Crippen molar-refractivity contribution in [3.05, 3.63) is 6.33 Å². The van der Waals surface area contributed by atoms with Crippen molar-refractivity contribution in [2.75, 3.05) is 31.1 Å². The fourth-order valence-electron chi connectivity index (χ4n) is 2.31. The highest BCUT2D eigenvalue weighted by atomic mass is 16.2. The molecule has 112 valence electrons. The number of piperazine rings is 1. The molecule has 2 rings (SSSR count). The van der Waals surface area contributed by atoms with Crippen LogP contribution in [0.5, 0.6) is 0 Å². The summed E-state index contributed by atoms with van der Waals surface area (Å²) in [5.74, 6) is 0.891. The van der Waals surface area contributed by atoms with Crippen LogP contribution in [0.15, 0.2) is 6.33 Å². The summed E-state index contributed by atoms with van der Waals surface area (Å²) in [5.41, 5.74) is -0.187. The third-order valence-electron chi connectivity index (χ3n) is 3.44. The largest absolute Gasteiger partial charge is 0.350 e. The summed E-state index contributed by atoms with van der Waals surface area (Å²) >= 11 is 0. The van der Waals surface area contributed by atoms with Crippen molar-refractivity contribution in [1.82, 2.24) is 25.4 Å². The van der Waals surface area contributed by atoms with Crippen molar-refractivity contribution in [2.24, 2.45) is 0 Å². The molecule has 0 saturated carbocycles. The lowest BCUT2D eigenvalue weighted by Crippen LogP contribution is -2.56. The van der Waals surface area contributed by atoms with E-state index in [4.69, 9.17) is 0 Å². The van der Waals surface area contributed by atoms with Crippen molar-refractivity contribution in [3.8, 4) is 0 Å². The Labute approximate surface area is 119 Å². The predicted octanol–water partition coefficient (Wildman–Crippen LogP) is 0.230. The van der Waals surface area contributed by atoms with Gasteiger partial charge >= 0.3 is 0 Å². The maximum atomic E-state index is 12.2. The Kier molecular flexibility index (Phi) is 4.27. The zero-order valence-corrected chi connectivity index (χ0v) is 12.7. The number of nitrogens with one attached hydrogen (secondary N) is 2. The number of anilines is 1. The number of carbonyl (C=O) groups excluding carboxylic acids is 1. The molecule has 20 heavy (non-hydrogen) atoms. The topological polar surface area (TPSA) is 77.2 Å². The van der Waals surface area contributed by atoms with Gasteiger partial charge in [0.2, 0.25) is 11.9 Å². The fourth-order valence-corrected chi connectivity index (χ4v) is 2.31. The van der Waals surface area contributed by atoms with Crippen LogP contribution in [0.25, 0.3) is 0 Å². The molecule has 7 heteroatoms. The molecule has 0 aromatic carbocycles. The van der Waals surface area contributed by atoms with Gasteiger partial charge in [0.25, 0.3) is 0 Å². The van der Waals surface area contributed by atoms with Crippen LogP contribution in [0.2, 0.25) is 0 Å². The van der Waals surface area contributed by atoms with Crippen molar-refractivity contribution in [1.29, 1.82) is 0 Å². The molecule has 0 radical (unpaired) electrons. The summed E-state index contributed by atoms with van der Waals surface area (Å²) in [6.07, 6.45) is 1.51. The molecule has 1 amide bonds. The lowest BCUT2D eigenvalue weighted by Gasteiger charge is -2.38. The maximum Gasteiger partial charge on any atom is 0.237 e. The standard InChI is InChI=1S/C13H24N6O/c1-10(11(20)16-13(2,3)4)18-5-7-19(8-6-18)12-14-9-15-17-12/h9-10H,5-8H2,1-4H3,(H,16,20)(H,14,15,17).